The van der Waals surface area contributed by atoms with Crippen LogP contribution in [-0.4, -0.2) is 8.42 Å². The van der Waals surface area contributed by atoms with Gasteiger partial charge in [-0.1, -0.05) is 66.2 Å². The molecule has 0 saturated carbocycles. The second-order valence-corrected chi connectivity index (χ2v) is 8.65. The molecule has 5 aromatic rings. The Morgan fingerprint density at radius 3 is 1.88 bits per heavy atom. The van der Waals surface area contributed by atoms with Gasteiger partial charge in [-0.3, -0.25) is 0 Å². The molecular weight excluding hydrogens is 340 g/mol. The molecule has 0 bridgehead atoms. The van der Waals surface area contributed by atoms with Crippen LogP contribution in [0.4, 0.5) is 0 Å². The molecule has 0 spiro atoms. The van der Waals surface area contributed by atoms with E-state index < -0.39 is 9.84 Å². The third-order valence-corrected chi connectivity index (χ3v) is 6.94. The van der Waals surface area contributed by atoms with Gasteiger partial charge < -0.3 is 0 Å². The van der Waals surface area contributed by atoms with Gasteiger partial charge in [-0.2, -0.15) is 0 Å². The monoisotopic (exact) mass is 356 g/mol. The van der Waals surface area contributed by atoms with Crippen LogP contribution in [0, 0.1) is 6.92 Å². The van der Waals surface area contributed by atoms with Crippen molar-refractivity contribution in [2.75, 3.05) is 0 Å². The van der Waals surface area contributed by atoms with Crippen molar-refractivity contribution in [3.05, 3.63) is 84.4 Å². The fraction of sp³-hybridized carbons (Fsp3) is 0.0435. The summed E-state index contributed by atoms with van der Waals surface area (Å²) in [7, 11) is -3.58. The SMILES string of the molecule is Cc1ccc(S(=O)(=O)c2ccc3ccc4cccc5ccc2c3c45)cc1. The first-order valence-electron chi connectivity index (χ1n) is 8.54. The standard InChI is InChI=1S/C23H16O2S/c1-15-5-11-19(12-6-15)26(24,25)21-14-10-18-8-7-16-3-2-4-17-9-13-20(21)23(18)22(16)17/h2-14H,1H3. The van der Waals surface area contributed by atoms with Crippen molar-refractivity contribution < 1.29 is 8.42 Å². The average molecular weight is 356 g/mol. The summed E-state index contributed by atoms with van der Waals surface area (Å²) >= 11 is 0. The van der Waals surface area contributed by atoms with E-state index in [0.29, 0.717) is 9.79 Å². The Labute approximate surface area is 152 Å². The van der Waals surface area contributed by atoms with E-state index in [9.17, 15) is 8.42 Å². The van der Waals surface area contributed by atoms with Crippen molar-refractivity contribution in [3.8, 4) is 0 Å². The summed E-state index contributed by atoms with van der Waals surface area (Å²) in [6.45, 7) is 1.95. The van der Waals surface area contributed by atoms with E-state index in [0.717, 1.165) is 37.9 Å². The van der Waals surface area contributed by atoms with E-state index in [1.807, 2.05) is 43.3 Å². The maximum Gasteiger partial charge on any atom is 0.207 e. The molecule has 5 rings (SSSR count). The van der Waals surface area contributed by atoms with Gasteiger partial charge >= 0.3 is 0 Å². The average Bonchev–Trinajstić information content (AvgIpc) is 2.66. The zero-order valence-corrected chi connectivity index (χ0v) is 15.0. The molecule has 26 heavy (non-hydrogen) atoms. The van der Waals surface area contributed by atoms with Crippen LogP contribution < -0.4 is 0 Å². The summed E-state index contributed by atoms with van der Waals surface area (Å²) in [4.78, 5) is 0.699. The van der Waals surface area contributed by atoms with Crippen LogP contribution in [0.1, 0.15) is 5.56 Å². The quantitative estimate of drug-likeness (QED) is 0.379. The number of hydrogen-bond acceptors (Lipinski definition) is 2. The van der Waals surface area contributed by atoms with Gasteiger partial charge in [-0.15, -0.1) is 0 Å². The Morgan fingerprint density at radius 2 is 1.19 bits per heavy atom. The van der Waals surface area contributed by atoms with E-state index >= 15 is 0 Å². The van der Waals surface area contributed by atoms with E-state index in [1.165, 1.54) is 0 Å². The van der Waals surface area contributed by atoms with Gasteiger partial charge in [-0.05, 0) is 52.1 Å². The summed E-state index contributed by atoms with van der Waals surface area (Å²) in [5, 5.41) is 6.26. The van der Waals surface area contributed by atoms with Gasteiger partial charge in [0.15, 0.2) is 0 Å². The van der Waals surface area contributed by atoms with Crippen molar-refractivity contribution in [1.82, 2.24) is 0 Å². The lowest BCUT2D eigenvalue weighted by molar-refractivity contribution is 0.597. The number of aryl methyl sites for hydroxylation is 1. The summed E-state index contributed by atoms with van der Waals surface area (Å²) in [6, 6.07) is 25.0. The van der Waals surface area contributed by atoms with Crippen molar-refractivity contribution in [3.63, 3.8) is 0 Å². The van der Waals surface area contributed by atoms with Crippen LogP contribution >= 0.6 is 0 Å². The number of hydrogen-bond donors (Lipinski definition) is 0. The molecule has 0 fully saturated rings. The highest BCUT2D eigenvalue weighted by Gasteiger charge is 2.22. The molecule has 0 aromatic heterocycles. The molecular formula is C23H16O2S. The second-order valence-electron chi connectivity index (χ2n) is 6.74. The fourth-order valence-electron chi connectivity index (χ4n) is 3.79. The van der Waals surface area contributed by atoms with Crippen molar-refractivity contribution in [2.24, 2.45) is 0 Å². The van der Waals surface area contributed by atoms with Gasteiger partial charge in [0.1, 0.15) is 0 Å². The van der Waals surface area contributed by atoms with Gasteiger partial charge in [0.05, 0.1) is 9.79 Å². The molecule has 0 saturated heterocycles. The number of rotatable bonds is 2. The predicted octanol–water partition coefficient (Wildman–Crippen LogP) is 5.73. The normalized spacial score (nSPS) is 12.3. The second kappa shape index (κ2) is 5.29. The van der Waals surface area contributed by atoms with E-state index in [1.54, 1.807) is 18.2 Å². The Bertz CT molecular complexity index is 1370. The molecule has 0 atom stereocenters. The lowest BCUT2D eigenvalue weighted by atomic mass is 9.94. The van der Waals surface area contributed by atoms with Crippen LogP contribution in [0.2, 0.25) is 0 Å². The first-order chi connectivity index (χ1) is 12.6. The van der Waals surface area contributed by atoms with E-state index in [2.05, 4.69) is 24.3 Å². The molecule has 126 valence electrons. The molecule has 5 aromatic carbocycles. The first-order valence-corrected chi connectivity index (χ1v) is 10.0. The summed E-state index contributed by atoms with van der Waals surface area (Å²) < 4.78 is 26.6. The minimum absolute atomic E-state index is 0.332. The molecule has 0 radical (unpaired) electrons. The molecule has 0 aliphatic heterocycles. The fourth-order valence-corrected chi connectivity index (χ4v) is 5.24. The Hall–Kier alpha value is -2.91. The van der Waals surface area contributed by atoms with Crippen molar-refractivity contribution in [1.29, 1.82) is 0 Å². The van der Waals surface area contributed by atoms with Gasteiger partial charge in [0.2, 0.25) is 9.84 Å². The summed E-state index contributed by atoms with van der Waals surface area (Å²) in [5.41, 5.74) is 1.04. The molecule has 2 nitrogen and oxygen atoms in total. The van der Waals surface area contributed by atoms with Crippen molar-refractivity contribution >= 4 is 42.2 Å². The predicted molar refractivity (Wildman–Crippen MR) is 107 cm³/mol. The number of sulfone groups is 1. The Balaban J connectivity index is 1.90. The molecule has 0 unspecified atom stereocenters. The first kappa shape index (κ1) is 15.4. The lowest BCUT2D eigenvalue weighted by Gasteiger charge is -2.14. The van der Waals surface area contributed by atoms with Crippen LogP contribution in [0.5, 0.6) is 0 Å². The summed E-state index contributed by atoms with van der Waals surface area (Å²) in [6.07, 6.45) is 0. The minimum atomic E-state index is -3.58. The highest BCUT2D eigenvalue weighted by molar-refractivity contribution is 7.91. The zero-order chi connectivity index (χ0) is 17.9. The lowest BCUT2D eigenvalue weighted by Crippen LogP contribution is -2.03. The van der Waals surface area contributed by atoms with Crippen LogP contribution in [0.3, 0.4) is 0 Å². The van der Waals surface area contributed by atoms with E-state index in [-0.39, 0.29) is 0 Å². The molecule has 0 aliphatic rings. The Kier molecular flexibility index (Phi) is 3.12. The topological polar surface area (TPSA) is 34.1 Å². The molecule has 0 N–H and O–H groups in total. The smallest absolute Gasteiger partial charge is 0.207 e. The largest absolute Gasteiger partial charge is 0.218 e. The third-order valence-electron chi connectivity index (χ3n) is 5.11. The van der Waals surface area contributed by atoms with Crippen molar-refractivity contribution in [2.45, 2.75) is 16.7 Å². The summed E-state index contributed by atoms with van der Waals surface area (Å²) in [5.74, 6) is 0. The highest BCUT2D eigenvalue weighted by Crippen LogP contribution is 2.38. The molecule has 3 heteroatoms. The molecule has 0 aliphatic carbocycles. The number of benzene rings is 5. The maximum atomic E-state index is 13.3. The Morgan fingerprint density at radius 1 is 0.615 bits per heavy atom. The zero-order valence-electron chi connectivity index (χ0n) is 14.2. The maximum absolute atomic E-state index is 13.3. The molecule has 0 heterocycles. The van der Waals surface area contributed by atoms with Crippen LogP contribution in [-0.2, 0) is 9.84 Å². The third kappa shape index (κ3) is 2.07. The van der Waals surface area contributed by atoms with E-state index in [4.69, 9.17) is 0 Å². The van der Waals surface area contributed by atoms with Gasteiger partial charge in [-0.25, -0.2) is 8.42 Å². The van der Waals surface area contributed by atoms with Crippen LogP contribution in [0.25, 0.3) is 32.3 Å². The molecule has 0 amide bonds. The van der Waals surface area contributed by atoms with Crippen LogP contribution in [0.15, 0.2) is 88.7 Å². The van der Waals surface area contributed by atoms with Gasteiger partial charge in [0.25, 0.3) is 0 Å². The van der Waals surface area contributed by atoms with Gasteiger partial charge in [0, 0.05) is 5.39 Å². The highest BCUT2D eigenvalue weighted by atomic mass is 32.2. The minimum Gasteiger partial charge on any atom is -0.218 e.